The number of aryl methyl sites for hydroxylation is 2. The van der Waals surface area contributed by atoms with Crippen LogP contribution in [-0.4, -0.2) is 24.6 Å². The van der Waals surface area contributed by atoms with Gasteiger partial charge in [0.25, 0.3) is 0 Å². The molecule has 3 aromatic heterocycles. The molecule has 3 heterocycles. The highest BCUT2D eigenvalue weighted by atomic mass is 35.5. The van der Waals surface area contributed by atoms with Crippen LogP contribution >= 0.6 is 23.4 Å². The molecule has 6 nitrogen and oxygen atoms in total. The second-order valence-electron chi connectivity index (χ2n) is 6.21. The highest BCUT2D eigenvalue weighted by molar-refractivity contribution is 7.98. The molecule has 0 fully saturated rings. The van der Waals surface area contributed by atoms with Gasteiger partial charge in [0, 0.05) is 23.2 Å². The molecule has 0 bridgehead atoms. The normalized spacial score (nSPS) is 11.2. The molecule has 0 aliphatic heterocycles. The minimum atomic E-state index is 0.322. The summed E-state index contributed by atoms with van der Waals surface area (Å²) in [6, 6.07) is 9.64. The molecule has 1 aromatic carbocycles. The van der Waals surface area contributed by atoms with Crippen molar-refractivity contribution in [2.24, 2.45) is 0 Å². The number of halogens is 1. The van der Waals surface area contributed by atoms with Gasteiger partial charge in [-0.25, -0.2) is 9.97 Å². The molecule has 1 N–H and O–H groups in total. The lowest BCUT2D eigenvalue weighted by Crippen LogP contribution is -1.98. The summed E-state index contributed by atoms with van der Waals surface area (Å²) < 4.78 is 7.78. The van der Waals surface area contributed by atoms with Gasteiger partial charge in [0.2, 0.25) is 5.16 Å². The lowest BCUT2D eigenvalue weighted by molar-refractivity contribution is 0.296. The summed E-state index contributed by atoms with van der Waals surface area (Å²) in [6.07, 6.45) is 4.04. The Morgan fingerprint density at radius 2 is 2.07 bits per heavy atom. The van der Waals surface area contributed by atoms with E-state index in [1.165, 1.54) is 11.8 Å². The van der Waals surface area contributed by atoms with Crippen molar-refractivity contribution in [3.8, 4) is 5.75 Å². The van der Waals surface area contributed by atoms with E-state index in [0.29, 0.717) is 23.3 Å². The zero-order valence-corrected chi connectivity index (χ0v) is 16.5. The zero-order chi connectivity index (χ0) is 18.8. The van der Waals surface area contributed by atoms with Crippen molar-refractivity contribution >= 4 is 29.0 Å². The summed E-state index contributed by atoms with van der Waals surface area (Å²) in [4.78, 5) is 9.13. The van der Waals surface area contributed by atoms with Crippen LogP contribution in [0.1, 0.15) is 22.6 Å². The van der Waals surface area contributed by atoms with Gasteiger partial charge < -0.3 is 9.14 Å². The maximum absolute atomic E-state index is 6.03. The molecule has 0 aliphatic carbocycles. The summed E-state index contributed by atoms with van der Waals surface area (Å²) >= 11 is 7.57. The van der Waals surface area contributed by atoms with Gasteiger partial charge in [0.05, 0.1) is 5.69 Å². The Morgan fingerprint density at radius 1 is 1.19 bits per heavy atom. The van der Waals surface area contributed by atoms with Crippen molar-refractivity contribution in [2.45, 2.75) is 31.4 Å². The molecule has 4 rings (SSSR count). The van der Waals surface area contributed by atoms with Gasteiger partial charge in [-0.1, -0.05) is 29.4 Å². The van der Waals surface area contributed by atoms with Gasteiger partial charge in [0.1, 0.15) is 18.0 Å². The number of benzene rings is 1. The molecule has 4 aromatic rings. The highest BCUT2D eigenvalue weighted by Gasteiger charge is 2.09. The van der Waals surface area contributed by atoms with E-state index in [0.717, 1.165) is 33.2 Å². The summed E-state index contributed by atoms with van der Waals surface area (Å²) in [7, 11) is 0. The number of rotatable bonds is 6. The van der Waals surface area contributed by atoms with Crippen molar-refractivity contribution in [3.05, 3.63) is 70.4 Å². The number of thioether (sulfide) groups is 1. The number of imidazole rings is 1. The number of hydrogen-bond donors (Lipinski definition) is 1. The van der Waals surface area contributed by atoms with Crippen LogP contribution in [0.15, 0.2) is 47.9 Å². The topological polar surface area (TPSA) is 68.1 Å². The maximum Gasteiger partial charge on any atom is 0.208 e. The molecule has 27 heavy (non-hydrogen) atoms. The summed E-state index contributed by atoms with van der Waals surface area (Å²) in [5, 5.41) is 8.55. The van der Waals surface area contributed by atoms with E-state index in [9.17, 15) is 0 Å². The Balaban J connectivity index is 1.36. The minimum absolute atomic E-state index is 0.322. The molecular formula is C19H18ClN5OS. The molecule has 0 atom stereocenters. The SMILES string of the molecule is Cc1cc(OCc2nc(SCc3cn4cccc(C)c4n3)n[nH]2)ccc1Cl. The van der Waals surface area contributed by atoms with E-state index in [1.807, 2.05) is 48.0 Å². The standard InChI is InChI=1S/C19H18ClN5OS/c1-12-4-3-7-25-9-14(21-18(12)25)11-27-19-22-17(23-24-19)10-26-15-5-6-16(20)13(2)8-15/h3-9H,10-11H2,1-2H3,(H,22,23,24). The number of nitrogens with zero attached hydrogens (tertiary/aromatic N) is 4. The lowest BCUT2D eigenvalue weighted by Gasteiger charge is -2.05. The number of H-pyrrole nitrogens is 1. The molecule has 0 amide bonds. The van der Waals surface area contributed by atoms with Gasteiger partial charge in [-0.05, 0) is 49.2 Å². The van der Waals surface area contributed by atoms with E-state index in [2.05, 4.69) is 33.2 Å². The van der Waals surface area contributed by atoms with Crippen molar-refractivity contribution in [3.63, 3.8) is 0 Å². The van der Waals surface area contributed by atoms with Gasteiger partial charge in [-0.2, -0.15) is 0 Å². The minimum Gasteiger partial charge on any atom is -0.486 e. The fourth-order valence-electron chi connectivity index (χ4n) is 2.68. The predicted octanol–water partition coefficient (Wildman–Crippen LogP) is 4.59. The van der Waals surface area contributed by atoms with Crippen LogP contribution in [-0.2, 0) is 12.4 Å². The third-order valence-corrected chi connectivity index (χ3v) is 5.40. The van der Waals surface area contributed by atoms with Crippen LogP contribution in [0.3, 0.4) is 0 Å². The molecule has 8 heteroatoms. The number of aromatic nitrogens is 5. The Hall–Kier alpha value is -2.51. The van der Waals surface area contributed by atoms with E-state index in [1.54, 1.807) is 0 Å². The molecule has 0 saturated carbocycles. The average molecular weight is 400 g/mol. The van der Waals surface area contributed by atoms with E-state index in [4.69, 9.17) is 16.3 Å². The molecule has 0 unspecified atom stereocenters. The third kappa shape index (κ3) is 4.09. The number of fused-ring (bicyclic) bond motifs is 1. The highest BCUT2D eigenvalue weighted by Crippen LogP contribution is 2.23. The monoisotopic (exact) mass is 399 g/mol. The van der Waals surface area contributed by atoms with Crippen LogP contribution in [0.5, 0.6) is 5.75 Å². The number of nitrogens with one attached hydrogen (secondary N) is 1. The van der Waals surface area contributed by atoms with E-state index < -0.39 is 0 Å². The largest absolute Gasteiger partial charge is 0.486 e. The van der Waals surface area contributed by atoms with Crippen LogP contribution in [0.2, 0.25) is 5.02 Å². The molecule has 138 valence electrons. The van der Waals surface area contributed by atoms with E-state index in [-0.39, 0.29) is 0 Å². The average Bonchev–Trinajstić information content (AvgIpc) is 3.28. The maximum atomic E-state index is 6.03. The Morgan fingerprint density at radius 3 is 2.89 bits per heavy atom. The summed E-state index contributed by atoms with van der Waals surface area (Å²) in [6.45, 7) is 4.32. The quantitative estimate of drug-likeness (QED) is 0.480. The number of hydrogen-bond acceptors (Lipinski definition) is 5. The Bertz CT molecular complexity index is 1090. The fraction of sp³-hybridized carbons (Fsp3) is 0.211. The van der Waals surface area contributed by atoms with Crippen molar-refractivity contribution in [1.29, 1.82) is 0 Å². The van der Waals surface area contributed by atoms with Crippen molar-refractivity contribution in [1.82, 2.24) is 24.6 Å². The molecule has 0 radical (unpaired) electrons. The zero-order valence-electron chi connectivity index (χ0n) is 14.9. The van der Waals surface area contributed by atoms with Gasteiger partial charge in [-0.3, -0.25) is 5.10 Å². The first-order valence-electron chi connectivity index (χ1n) is 8.45. The molecule has 0 saturated heterocycles. The summed E-state index contributed by atoms with van der Waals surface area (Å²) in [5.74, 6) is 2.13. The predicted molar refractivity (Wildman–Crippen MR) is 106 cm³/mol. The first kappa shape index (κ1) is 17.9. The molecule has 0 aliphatic rings. The smallest absolute Gasteiger partial charge is 0.208 e. The van der Waals surface area contributed by atoms with Crippen molar-refractivity contribution < 1.29 is 4.74 Å². The Labute approximate surface area is 165 Å². The van der Waals surface area contributed by atoms with Crippen LogP contribution in [0, 0.1) is 13.8 Å². The van der Waals surface area contributed by atoms with Crippen LogP contribution in [0.4, 0.5) is 0 Å². The first-order chi connectivity index (χ1) is 13.1. The van der Waals surface area contributed by atoms with Crippen LogP contribution in [0.25, 0.3) is 5.65 Å². The summed E-state index contributed by atoms with van der Waals surface area (Å²) in [5.41, 5.74) is 4.11. The second kappa shape index (κ2) is 7.62. The number of aromatic amines is 1. The lowest BCUT2D eigenvalue weighted by atomic mass is 10.2. The Kier molecular flexibility index (Phi) is 5.05. The molecular weight excluding hydrogens is 382 g/mol. The van der Waals surface area contributed by atoms with Gasteiger partial charge >= 0.3 is 0 Å². The third-order valence-electron chi connectivity index (χ3n) is 4.09. The number of ether oxygens (including phenoxy) is 1. The second-order valence-corrected chi connectivity index (χ2v) is 7.56. The number of pyridine rings is 1. The van der Waals surface area contributed by atoms with Gasteiger partial charge in [-0.15, -0.1) is 5.10 Å². The first-order valence-corrected chi connectivity index (χ1v) is 9.81. The van der Waals surface area contributed by atoms with E-state index >= 15 is 0 Å². The molecule has 0 spiro atoms. The van der Waals surface area contributed by atoms with Crippen molar-refractivity contribution in [2.75, 3.05) is 0 Å². The van der Waals surface area contributed by atoms with Gasteiger partial charge in [0.15, 0.2) is 5.82 Å². The fourth-order valence-corrected chi connectivity index (χ4v) is 3.50. The van der Waals surface area contributed by atoms with Crippen LogP contribution < -0.4 is 4.74 Å².